The van der Waals surface area contributed by atoms with Crippen LogP contribution in [0.15, 0.2) is 12.2 Å². The summed E-state index contributed by atoms with van der Waals surface area (Å²) in [5.41, 5.74) is 0. The number of hydrogen-bond acceptors (Lipinski definition) is 2. The highest BCUT2D eigenvalue weighted by Gasteiger charge is 2.14. The van der Waals surface area contributed by atoms with E-state index in [1.165, 1.54) is 0 Å². The molecule has 3 heteroatoms. The molecule has 0 aromatic carbocycles. The Morgan fingerprint density at radius 2 is 2.42 bits per heavy atom. The molecule has 0 aliphatic carbocycles. The number of hydrogen-bond donors (Lipinski definition) is 0. The Kier molecular flexibility index (Phi) is 4.66. The molecule has 0 bridgehead atoms. The fourth-order valence-corrected chi connectivity index (χ4v) is 1.47. The summed E-state index contributed by atoms with van der Waals surface area (Å²) in [4.78, 5) is 2.37. The number of rotatable bonds is 3. The maximum absolute atomic E-state index is 5.52. The molecule has 1 saturated heterocycles. The second kappa shape index (κ2) is 5.57. The predicted molar refractivity (Wildman–Crippen MR) is 51.7 cm³/mol. The lowest BCUT2D eigenvalue weighted by Crippen LogP contribution is -2.40. The van der Waals surface area contributed by atoms with Gasteiger partial charge in [-0.1, -0.05) is 12.2 Å². The van der Waals surface area contributed by atoms with Crippen molar-refractivity contribution in [3.63, 3.8) is 0 Å². The Labute approximate surface area is 79.1 Å². The molecule has 70 valence electrons. The van der Waals surface area contributed by atoms with Crippen LogP contribution in [0, 0.1) is 0 Å². The second-order valence-corrected chi connectivity index (χ2v) is 3.38. The van der Waals surface area contributed by atoms with Crippen molar-refractivity contribution in [2.45, 2.75) is 13.0 Å². The van der Waals surface area contributed by atoms with Crippen LogP contribution in [0.5, 0.6) is 0 Å². The number of nitrogens with zero attached hydrogens (tertiary/aromatic N) is 1. The Morgan fingerprint density at radius 1 is 1.58 bits per heavy atom. The second-order valence-electron chi connectivity index (χ2n) is 3.07. The highest BCUT2D eigenvalue weighted by molar-refractivity contribution is 6.18. The molecule has 1 aliphatic rings. The van der Waals surface area contributed by atoms with Gasteiger partial charge < -0.3 is 4.74 Å². The van der Waals surface area contributed by atoms with Gasteiger partial charge in [0.1, 0.15) is 0 Å². The van der Waals surface area contributed by atoms with Crippen LogP contribution < -0.4 is 0 Å². The van der Waals surface area contributed by atoms with Crippen LogP contribution in [0.2, 0.25) is 0 Å². The van der Waals surface area contributed by atoms with Gasteiger partial charge in [-0.25, -0.2) is 0 Å². The average molecular weight is 190 g/mol. The third-order valence-electron chi connectivity index (χ3n) is 1.94. The van der Waals surface area contributed by atoms with Gasteiger partial charge in [0.15, 0.2) is 0 Å². The molecular formula is C9H16ClNO. The largest absolute Gasteiger partial charge is 0.376 e. The smallest absolute Gasteiger partial charge is 0.0674 e. The summed E-state index contributed by atoms with van der Waals surface area (Å²) in [5, 5.41) is 0. The molecule has 0 aromatic rings. The van der Waals surface area contributed by atoms with Gasteiger partial charge in [0.05, 0.1) is 12.7 Å². The molecule has 1 fully saturated rings. The maximum atomic E-state index is 5.52. The molecule has 0 saturated carbocycles. The van der Waals surface area contributed by atoms with E-state index in [4.69, 9.17) is 16.3 Å². The first-order valence-corrected chi connectivity index (χ1v) is 4.91. The first-order valence-electron chi connectivity index (χ1n) is 4.38. The molecule has 0 aromatic heterocycles. The van der Waals surface area contributed by atoms with E-state index in [9.17, 15) is 0 Å². The number of morpholine rings is 1. The van der Waals surface area contributed by atoms with Gasteiger partial charge in [0.2, 0.25) is 0 Å². The molecule has 1 rings (SSSR count). The summed E-state index contributed by atoms with van der Waals surface area (Å²) in [6.45, 7) is 6.04. The highest BCUT2D eigenvalue weighted by Crippen LogP contribution is 2.03. The predicted octanol–water partition coefficient (Wildman–Crippen LogP) is 1.50. The zero-order valence-corrected chi connectivity index (χ0v) is 8.26. The van der Waals surface area contributed by atoms with Crippen LogP contribution in [0.4, 0.5) is 0 Å². The van der Waals surface area contributed by atoms with Crippen molar-refractivity contribution in [3.05, 3.63) is 12.2 Å². The Morgan fingerprint density at radius 3 is 3.08 bits per heavy atom. The molecular weight excluding hydrogens is 174 g/mol. The fraction of sp³-hybridized carbons (Fsp3) is 0.778. The van der Waals surface area contributed by atoms with Crippen LogP contribution in [-0.4, -0.2) is 43.1 Å². The van der Waals surface area contributed by atoms with Crippen molar-refractivity contribution < 1.29 is 4.74 Å². The van der Waals surface area contributed by atoms with Crippen LogP contribution >= 0.6 is 11.6 Å². The Hall–Kier alpha value is -0.0500. The number of halogens is 1. The normalized spacial score (nSPS) is 26.7. The Balaban J connectivity index is 2.18. The monoisotopic (exact) mass is 189 g/mol. The number of ether oxygens (including phenoxy) is 1. The van der Waals surface area contributed by atoms with E-state index in [0.717, 1.165) is 26.2 Å². The molecule has 1 atom stereocenters. The van der Waals surface area contributed by atoms with Crippen molar-refractivity contribution in [2.75, 3.05) is 32.1 Å². The van der Waals surface area contributed by atoms with E-state index >= 15 is 0 Å². The standard InChI is InChI=1S/C9H16ClNO/c1-9-8-11(6-7-12-9)5-3-2-4-10/h2-3,9H,4-8H2,1H3. The van der Waals surface area contributed by atoms with E-state index in [2.05, 4.69) is 17.9 Å². The van der Waals surface area contributed by atoms with E-state index in [-0.39, 0.29) is 0 Å². The van der Waals surface area contributed by atoms with Gasteiger partial charge in [-0.15, -0.1) is 11.6 Å². The van der Waals surface area contributed by atoms with E-state index in [1.54, 1.807) is 0 Å². The van der Waals surface area contributed by atoms with E-state index < -0.39 is 0 Å². The minimum absolute atomic E-state index is 0.378. The molecule has 1 unspecified atom stereocenters. The lowest BCUT2D eigenvalue weighted by Gasteiger charge is -2.30. The van der Waals surface area contributed by atoms with Crippen molar-refractivity contribution >= 4 is 11.6 Å². The first-order chi connectivity index (χ1) is 5.83. The van der Waals surface area contributed by atoms with Gasteiger partial charge in [-0.2, -0.15) is 0 Å². The zero-order valence-electron chi connectivity index (χ0n) is 7.50. The fourth-order valence-electron chi connectivity index (χ4n) is 1.34. The van der Waals surface area contributed by atoms with Crippen molar-refractivity contribution in [1.82, 2.24) is 4.90 Å². The summed E-state index contributed by atoms with van der Waals surface area (Å²) in [5.74, 6) is 0.611. The van der Waals surface area contributed by atoms with E-state index in [0.29, 0.717) is 12.0 Å². The van der Waals surface area contributed by atoms with Gasteiger partial charge in [-0.3, -0.25) is 4.90 Å². The minimum Gasteiger partial charge on any atom is -0.376 e. The summed E-state index contributed by atoms with van der Waals surface area (Å²) in [7, 11) is 0. The molecule has 1 aliphatic heterocycles. The van der Waals surface area contributed by atoms with Crippen molar-refractivity contribution in [3.8, 4) is 0 Å². The summed E-state index contributed by atoms with van der Waals surface area (Å²) >= 11 is 5.52. The maximum Gasteiger partial charge on any atom is 0.0674 e. The quantitative estimate of drug-likeness (QED) is 0.493. The van der Waals surface area contributed by atoms with Crippen LogP contribution in [0.3, 0.4) is 0 Å². The molecule has 0 spiro atoms. The molecule has 0 amide bonds. The number of allylic oxidation sites excluding steroid dienone is 1. The summed E-state index contributed by atoms with van der Waals surface area (Å²) < 4.78 is 5.42. The minimum atomic E-state index is 0.378. The molecule has 0 radical (unpaired) electrons. The summed E-state index contributed by atoms with van der Waals surface area (Å²) in [6, 6.07) is 0. The number of alkyl halides is 1. The van der Waals surface area contributed by atoms with E-state index in [1.807, 2.05) is 6.08 Å². The van der Waals surface area contributed by atoms with Crippen LogP contribution in [-0.2, 0) is 4.74 Å². The SMILES string of the molecule is CC1CN(CC=CCCl)CCO1. The van der Waals surface area contributed by atoms with Crippen LogP contribution in [0.1, 0.15) is 6.92 Å². The Bertz CT molecular complexity index is 149. The van der Waals surface area contributed by atoms with Gasteiger partial charge >= 0.3 is 0 Å². The molecule has 1 heterocycles. The van der Waals surface area contributed by atoms with Gasteiger partial charge in [-0.05, 0) is 6.92 Å². The molecule has 12 heavy (non-hydrogen) atoms. The van der Waals surface area contributed by atoms with Crippen LogP contribution in [0.25, 0.3) is 0 Å². The lowest BCUT2D eigenvalue weighted by atomic mass is 10.3. The van der Waals surface area contributed by atoms with Crippen molar-refractivity contribution in [2.24, 2.45) is 0 Å². The average Bonchev–Trinajstić information content (AvgIpc) is 2.05. The van der Waals surface area contributed by atoms with Gasteiger partial charge in [0.25, 0.3) is 0 Å². The summed E-state index contributed by atoms with van der Waals surface area (Å²) in [6.07, 6.45) is 4.48. The topological polar surface area (TPSA) is 12.5 Å². The zero-order chi connectivity index (χ0) is 8.81. The first kappa shape index (κ1) is 10.0. The third-order valence-corrected chi connectivity index (χ3v) is 2.12. The molecule has 0 N–H and O–H groups in total. The lowest BCUT2D eigenvalue weighted by molar-refractivity contribution is -0.0140. The highest BCUT2D eigenvalue weighted by atomic mass is 35.5. The van der Waals surface area contributed by atoms with Gasteiger partial charge in [0, 0.05) is 25.5 Å². The van der Waals surface area contributed by atoms with Crippen molar-refractivity contribution in [1.29, 1.82) is 0 Å². The molecule has 2 nitrogen and oxygen atoms in total. The third kappa shape index (κ3) is 3.57.